The molecule has 5 heteroatoms. The average molecular weight is 346 g/mol. The zero-order chi connectivity index (χ0) is 18.0. The molecule has 0 radical (unpaired) electrons. The Labute approximate surface area is 148 Å². The van der Waals surface area contributed by atoms with E-state index in [0.717, 1.165) is 37.1 Å². The van der Waals surface area contributed by atoms with Crippen LogP contribution in [0.3, 0.4) is 0 Å². The van der Waals surface area contributed by atoms with Crippen molar-refractivity contribution >= 4 is 16.9 Å². The summed E-state index contributed by atoms with van der Waals surface area (Å²) in [5.41, 5.74) is 0.711. The molecule has 1 N–H and O–H groups in total. The van der Waals surface area contributed by atoms with Gasteiger partial charge < -0.3 is 14.6 Å². The van der Waals surface area contributed by atoms with Gasteiger partial charge in [0.1, 0.15) is 17.2 Å². The lowest BCUT2D eigenvalue weighted by Crippen LogP contribution is -2.51. The number of hydrogen-bond acceptors (Lipinski definition) is 3. The third-order valence-electron chi connectivity index (χ3n) is 5.13. The van der Waals surface area contributed by atoms with Crippen molar-refractivity contribution in [1.82, 2.24) is 10.2 Å². The Balaban J connectivity index is 1.61. The average Bonchev–Trinajstić information content (AvgIpc) is 3.00. The number of amides is 1. The Morgan fingerprint density at radius 1 is 1.40 bits per heavy atom. The molecular formula is C20H27FN2O2. The van der Waals surface area contributed by atoms with Gasteiger partial charge in [0.05, 0.1) is 6.54 Å². The molecule has 1 aliphatic rings. The summed E-state index contributed by atoms with van der Waals surface area (Å²) in [4.78, 5) is 14.2. The zero-order valence-corrected chi connectivity index (χ0v) is 15.2. The maximum atomic E-state index is 13.3. The van der Waals surface area contributed by atoms with Gasteiger partial charge in [0.2, 0.25) is 5.91 Å². The first-order chi connectivity index (χ1) is 12.0. The fourth-order valence-electron chi connectivity index (χ4n) is 3.67. The number of likely N-dealkylation sites (tertiary alicyclic amines) is 1. The number of hydrogen-bond donors (Lipinski definition) is 1. The minimum Gasteiger partial charge on any atom is -0.460 e. The molecule has 1 aromatic heterocycles. The Morgan fingerprint density at radius 3 is 2.92 bits per heavy atom. The van der Waals surface area contributed by atoms with E-state index in [1.165, 1.54) is 12.1 Å². The van der Waals surface area contributed by atoms with Crippen molar-refractivity contribution in [3.8, 4) is 0 Å². The van der Waals surface area contributed by atoms with E-state index >= 15 is 0 Å². The molecule has 1 saturated heterocycles. The Hall–Kier alpha value is -1.88. The normalized spacial score (nSPS) is 21.2. The van der Waals surface area contributed by atoms with Crippen LogP contribution in [0.4, 0.5) is 4.39 Å². The third kappa shape index (κ3) is 4.03. The Morgan fingerprint density at radius 2 is 2.20 bits per heavy atom. The molecule has 1 aliphatic heterocycles. The van der Waals surface area contributed by atoms with Gasteiger partial charge in [-0.2, -0.15) is 0 Å². The lowest BCUT2D eigenvalue weighted by atomic mass is 9.89. The van der Waals surface area contributed by atoms with E-state index in [9.17, 15) is 9.18 Å². The SMILES string of the molecule is CCC1CN(C(=O)C(C)C)CCC1NCc1cc2cc(F)ccc2o1. The highest BCUT2D eigenvalue weighted by molar-refractivity contribution is 5.78. The standard InChI is InChI=1S/C20H27FN2O2/c1-4-14-12-23(20(24)13(2)3)8-7-18(14)22-11-17-10-15-9-16(21)5-6-19(15)25-17/h5-6,9-10,13-14,18,22H,4,7-8,11-12H2,1-3H3. The maximum absolute atomic E-state index is 13.3. The summed E-state index contributed by atoms with van der Waals surface area (Å²) < 4.78 is 19.1. The molecule has 2 heterocycles. The van der Waals surface area contributed by atoms with E-state index in [4.69, 9.17) is 4.42 Å². The molecule has 1 aromatic carbocycles. The van der Waals surface area contributed by atoms with E-state index in [-0.39, 0.29) is 17.6 Å². The van der Waals surface area contributed by atoms with Gasteiger partial charge >= 0.3 is 0 Å². The van der Waals surface area contributed by atoms with Crippen LogP contribution in [0.25, 0.3) is 11.0 Å². The van der Waals surface area contributed by atoms with Crippen LogP contribution in [0.5, 0.6) is 0 Å². The summed E-state index contributed by atoms with van der Waals surface area (Å²) in [6, 6.07) is 6.83. The van der Waals surface area contributed by atoms with Crippen LogP contribution in [-0.4, -0.2) is 29.9 Å². The third-order valence-corrected chi connectivity index (χ3v) is 5.13. The van der Waals surface area contributed by atoms with Crippen LogP contribution in [0.15, 0.2) is 28.7 Å². The molecule has 0 bridgehead atoms. The number of carbonyl (C=O) groups excluding carboxylic acids is 1. The molecule has 2 unspecified atom stereocenters. The van der Waals surface area contributed by atoms with Gasteiger partial charge in [0.25, 0.3) is 0 Å². The molecule has 0 aliphatic carbocycles. The van der Waals surface area contributed by atoms with Crippen LogP contribution in [0.1, 0.15) is 39.4 Å². The number of fused-ring (bicyclic) bond motifs is 1. The molecule has 25 heavy (non-hydrogen) atoms. The van der Waals surface area contributed by atoms with Crippen molar-refractivity contribution in [2.24, 2.45) is 11.8 Å². The molecule has 0 spiro atoms. The summed E-state index contributed by atoms with van der Waals surface area (Å²) >= 11 is 0. The summed E-state index contributed by atoms with van der Waals surface area (Å²) in [5.74, 6) is 1.31. The van der Waals surface area contributed by atoms with Crippen molar-refractivity contribution in [2.75, 3.05) is 13.1 Å². The van der Waals surface area contributed by atoms with Gasteiger partial charge in [-0.1, -0.05) is 27.2 Å². The highest BCUT2D eigenvalue weighted by Gasteiger charge is 2.30. The van der Waals surface area contributed by atoms with Crippen LogP contribution in [0, 0.1) is 17.7 Å². The predicted octanol–water partition coefficient (Wildman–Crippen LogP) is 3.94. The van der Waals surface area contributed by atoms with Gasteiger partial charge in [-0.25, -0.2) is 4.39 Å². The smallest absolute Gasteiger partial charge is 0.225 e. The van der Waals surface area contributed by atoms with E-state index in [2.05, 4.69) is 12.2 Å². The van der Waals surface area contributed by atoms with Crippen molar-refractivity contribution in [1.29, 1.82) is 0 Å². The second kappa shape index (κ2) is 7.56. The number of halogens is 1. The van der Waals surface area contributed by atoms with Crippen molar-refractivity contribution in [3.05, 3.63) is 35.8 Å². The fraction of sp³-hybridized carbons (Fsp3) is 0.550. The molecule has 1 fully saturated rings. The number of carbonyl (C=O) groups is 1. The zero-order valence-electron chi connectivity index (χ0n) is 15.2. The molecule has 136 valence electrons. The number of piperidine rings is 1. The lowest BCUT2D eigenvalue weighted by molar-refractivity contribution is -0.136. The number of nitrogens with one attached hydrogen (secondary N) is 1. The highest BCUT2D eigenvalue weighted by atomic mass is 19.1. The van der Waals surface area contributed by atoms with Crippen LogP contribution in [0.2, 0.25) is 0 Å². The molecule has 3 rings (SSSR count). The topological polar surface area (TPSA) is 45.5 Å². The molecule has 2 atom stereocenters. The lowest BCUT2D eigenvalue weighted by Gasteiger charge is -2.39. The second-order valence-corrected chi connectivity index (χ2v) is 7.28. The van der Waals surface area contributed by atoms with Gasteiger partial charge in [-0.3, -0.25) is 4.79 Å². The van der Waals surface area contributed by atoms with E-state index in [0.29, 0.717) is 24.1 Å². The van der Waals surface area contributed by atoms with E-state index in [1.807, 2.05) is 24.8 Å². The van der Waals surface area contributed by atoms with Crippen molar-refractivity contribution in [2.45, 2.75) is 46.2 Å². The van der Waals surface area contributed by atoms with Gasteiger partial charge in [0.15, 0.2) is 0 Å². The number of nitrogens with zero attached hydrogens (tertiary/aromatic N) is 1. The molecular weight excluding hydrogens is 319 g/mol. The van der Waals surface area contributed by atoms with Gasteiger partial charge in [0, 0.05) is 30.4 Å². The van der Waals surface area contributed by atoms with Crippen LogP contribution in [-0.2, 0) is 11.3 Å². The fourth-order valence-corrected chi connectivity index (χ4v) is 3.67. The summed E-state index contributed by atoms with van der Waals surface area (Å²) in [6.45, 7) is 8.32. The van der Waals surface area contributed by atoms with Crippen LogP contribution >= 0.6 is 0 Å². The first kappa shape index (κ1) is 17.9. The quantitative estimate of drug-likeness (QED) is 0.892. The van der Waals surface area contributed by atoms with Gasteiger partial charge in [-0.15, -0.1) is 0 Å². The summed E-state index contributed by atoms with van der Waals surface area (Å²) in [5, 5.41) is 4.37. The van der Waals surface area contributed by atoms with E-state index in [1.54, 1.807) is 6.07 Å². The predicted molar refractivity (Wildman–Crippen MR) is 96.6 cm³/mol. The Kier molecular flexibility index (Phi) is 5.42. The van der Waals surface area contributed by atoms with Crippen LogP contribution < -0.4 is 5.32 Å². The first-order valence-electron chi connectivity index (χ1n) is 9.18. The molecule has 4 nitrogen and oxygen atoms in total. The molecule has 0 saturated carbocycles. The van der Waals surface area contributed by atoms with Gasteiger partial charge in [-0.05, 0) is 36.6 Å². The minimum absolute atomic E-state index is 0.0537. The first-order valence-corrected chi connectivity index (χ1v) is 9.18. The highest BCUT2D eigenvalue weighted by Crippen LogP contribution is 2.24. The number of benzene rings is 1. The van der Waals surface area contributed by atoms with Crippen molar-refractivity contribution < 1.29 is 13.6 Å². The monoisotopic (exact) mass is 346 g/mol. The summed E-state index contributed by atoms with van der Waals surface area (Å²) in [7, 11) is 0. The van der Waals surface area contributed by atoms with E-state index < -0.39 is 0 Å². The van der Waals surface area contributed by atoms with Crippen molar-refractivity contribution in [3.63, 3.8) is 0 Å². The molecule has 1 amide bonds. The minimum atomic E-state index is -0.249. The number of rotatable bonds is 5. The second-order valence-electron chi connectivity index (χ2n) is 7.28. The summed E-state index contributed by atoms with van der Waals surface area (Å²) in [6.07, 6.45) is 1.98. The maximum Gasteiger partial charge on any atom is 0.225 e. The molecule has 2 aromatic rings. The Bertz CT molecular complexity index is 740. The number of furan rings is 1. The largest absolute Gasteiger partial charge is 0.460 e.